The van der Waals surface area contributed by atoms with E-state index in [0.29, 0.717) is 11.7 Å². The van der Waals surface area contributed by atoms with Crippen molar-refractivity contribution in [3.05, 3.63) is 0 Å². The average Bonchev–Trinajstić information content (AvgIpc) is 2.82. The third-order valence-electron chi connectivity index (χ3n) is 3.33. The largest absolute Gasteiger partial charge is 0.299 e. The van der Waals surface area contributed by atoms with Gasteiger partial charge in [-0.1, -0.05) is 25.7 Å². The quantitative estimate of drug-likeness (QED) is 0.540. The molecule has 0 amide bonds. The molecule has 1 heteroatoms. The summed E-state index contributed by atoms with van der Waals surface area (Å²) in [7, 11) is 0. The molecule has 2 aliphatic carbocycles. The fraction of sp³-hybridized carbons (Fsp3) is 0.909. The van der Waals surface area contributed by atoms with E-state index in [9.17, 15) is 4.79 Å². The van der Waals surface area contributed by atoms with Gasteiger partial charge in [-0.25, -0.2) is 0 Å². The monoisotopic (exact) mass is 166 g/mol. The van der Waals surface area contributed by atoms with Crippen molar-refractivity contribution in [2.24, 2.45) is 11.8 Å². The molecule has 0 aromatic carbocycles. The van der Waals surface area contributed by atoms with Crippen LogP contribution >= 0.6 is 0 Å². The summed E-state index contributed by atoms with van der Waals surface area (Å²) in [5.41, 5.74) is 0. The molecule has 0 radical (unpaired) electrons. The number of Topliss-reactive ketones (excluding diaryl/α,β-unsaturated/α-hetero) is 1. The summed E-state index contributed by atoms with van der Waals surface area (Å²) in [6, 6.07) is 0. The fourth-order valence-electron chi connectivity index (χ4n) is 2.38. The number of carbonyl (C=O) groups excluding carboxylic acids is 1. The molecule has 2 saturated carbocycles. The predicted octanol–water partition coefficient (Wildman–Crippen LogP) is 2.94. The van der Waals surface area contributed by atoms with Crippen LogP contribution in [0.1, 0.15) is 51.4 Å². The summed E-state index contributed by atoms with van der Waals surface area (Å²) in [4.78, 5) is 11.5. The molecule has 0 bridgehead atoms. The van der Waals surface area contributed by atoms with E-state index in [1.165, 1.54) is 38.5 Å². The van der Waals surface area contributed by atoms with E-state index in [-0.39, 0.29) is 0 Å². The van der Waals surface area contributed by atoms with Crippen molar-refractivity contribution >= 4 is 5.78 Å². The predicted molar refractivity (Wildman–Crippen MR) is 48.9 cm³/mol. The van der Waals surface area contributed by atoms with Crippen LogP contribution in [0.25, 0.3) is 0 Å². The van der Waals surface area contributed by atoms with E-state index < -0.39 is 0 Å². The van der Waals surface area contributed by atoms with Crippen molar-refractivity contribution in [3.63, 3.8) is 0 Å². The van der Waals surface area contributed by atoms with Crippen LogP contribution in [0.15, 0.2) is 0 Å². The molecule has 2 atom stereocenters. The lowest BCUT2D eigenvalue weighted by molar-refractivity contribution is -0.120. The molecular weight excluding hydrogens is 148 g/mol. The van der Waals surface area contributed by atoms with E-state index >= 15 is 0 Å². The van der Waals surface area contributed by atoms with Crippen molar-refractivity contribution in [2.45, 2.75) is 51.4 Å². The van der Waals surface area contributed by atoms with E-state index in [0.717, 1.165) is 18.8 Å². The first-order valence-corrected chi connectivity index (χ1v) is 5.40. The van der Waals surface area contributed by atoms with Gasteiger partial charge >= 0.3 is 0 Å². The first kappa shape index (κ1) is 8.28. The molecule has 68 valence electrons. The Morgan fingerprint density at radius 3 is 2.67 bits per heavy atom. The maximum atomic E-state index is 11.5. The first-order valence-electron chi connectivity index (χ1n) is 5.40. The van der Waals surface area contributed by atoms with Gasteiger partial charge in [0.1, 0.15) is 5.78 Å². The molecule has 0 unspecified atom stereocenters. The minimum atomic E-state index is 0.503. The second-order valence-corrected chi connectivity index (χ2v) is 4.38. The SMILES string of the molecule is O=C1CCCCCCC[C@H]2C[C@H]12. The summed E-state index contributed by atoms with van der Waals surface area (Å²) in [6.07, 6.45) is 9.98. The lowest BCUT2D eigenvalue weighted by Crippen LogP contribution is -2.03. The Morgan fingerprint density at radius 1 is 1.00 bits per heavy atom. The Bertz CT molecular complexity index is 174. The lowest BCUT2D eigenvalue weighted by Gasteiger charge is -2.05. The first-order chi connectivity index (χ1) is 5.88. The summed E-state index contributed by atoms with van der Waals surface area (Å²) in [5.74, 6) is 1.88. The van der Waals surface area contributed by atoms with Crippen molar-refractivity contribution in [1.29, 1.82) is 0 Å². The molecule has 2 aliphatic rings. The van der Waals surface area contributed by atoms with Crippen molar-refractivity contribution in [2.75, 3.05) is 0 Å². The Kier molecular flexibility index (Phi) is 2.48. The number of ketones is 1. The van der Waals surface area contributed by atoms with E-state index in [1.54, 1.807) is 0 Å². The molecule has 0 saturated heterocycles. The standard InChI is InChI=1S/C11H18O/c12-11-7-5-3-1-2-4-6-9-8-10(9)11/h9-10H,1-8H2/t9-,10-/m0/s1. The molecule has 0 aromatic heterocycles. The maximum Gasteiger partial charge on any atom is 0.136 e. The number of hydrogen-bond acceptors (Lipinski definition) is 1. The summed E-state index contributed by atoms with van der Waals surface area (Å²) < 4.78 is 0. The van der Waals surface area contributed by atoms with Gasteiger partial charge in [0, 0.05) is 12.3 Å². The number of rotatable bonds is 0. The molecule has 2 rings (SSSR count). The highest BCUT2D eigenvalue weighted by Gasteiger charge is 2.41. The Labute approximate surface area is 74.5 Å². The topological polar surface area (TPSA) is 17.1 Å². The average molecular weight is 166 g/mol. The minimum Gasteiger partial charge on any atom is -0.299 e. The lowest BCUT2D eigenvalue weighted by atomic mass is 10.0. The maximum absolute atomic E-state index is 11.5. The molecule has 0 aromatic rings. The van der Waals surface area contributed by atoms with Crippen LogP contribution in [0.3, 0.4) is 0 Å². The molecule has 1 nitrogen and oxygen atoms in total. The number of fused-ring (bicyclic) bond motifs is 1. The Balaban J connectivity index is 1.84. The number of carbonyl (C=O) groups is 1. The van der Waals surface area contributed by atoms with Gasteiger partial charge in [-0.15, -0.1) is 0 Å². The second kappa shape index (κ2) is 3.59. The molecule has 0 aliphatic heterocycles. The van der Waals surface area contributed by atoms with Gasteiger partial charge in [0.15, 0.2) is 0 Å². The van der Waals surface area contributed by atoms with Crippen LogP contribution in [-0.4, -0.2) is 5.78 Å². The van der Waals surface area contributed by atoms with E-state index in [4.69, 9.17) is 0 Å². The van der Waals surface area contributed by atoms with Gasteiger partial charge in [-0.05, 0) is 25.2 Å². The van der Waals surface area contributed by atoms with Crippen LogP contribution in [0.5, 0.6) is 0 Å². The number of hydrogen-bond donors (Lipinski definition) is 0. The van der Waals surface area contributed by atoms with Gasteiger partial charge in [-0.2, -0.15) is 0 Å². The van der Waals surface area contributed by atoms with Gasteiger partial charge in [-0.3, -0.25) is 4.79 Å². The molecule has 2 fully saturated rings. The van der Waals surface area contributed by atoms with Crippen molar-refractivity contribution in [3.8, 4) is 0 Å². The van der Waals surface area contributed by atoms with Gasteiger partial charge < -0.3 is 0 Å². The summed E-state index contributed by atoms with van der Waals surface area (Å²) in [6.45, 7) is 0. The second-order valence-electron chi connectivity index (χ2n) is 4.38. The molecule has 12 heavy (non-hydrogen) atoms. The van der Waals surface area contributed by atoms with Crippen molar-refractivity contribution in [1.82, 2.24) is 0 Å². The zero-order valence-corrected chi connectivity index (χ0v) is 7.72. The molecule has 0 heterocycles. The Morgan fingerprint density at radius 2 is 1.75 bits per heavy atom. The van der Waals surface area contributed by atoms with Gasteiger partial charge in [0.2, 0.25) is 0 Å². The Hall–Kier alpha value is -0.330. The van der Waals surface area contributed by atoms with Crippen LogP contribution in [-0.2, 0) is 4.79 Å². The zero-order chi connectivity index (χ0) is 8.39. The van der Waals surface area contributed by atoms with Crippen LogP contribution in [0.2, 0.25) is 0 Å². The third kappa shape index (κ3) is 1.88. The van der Waals surface area contributed by atoms with Crippen molar-refractivity contribution < 1.29 is 4.79 Å². The summed E-state index contributed by atoms with van der Waals surface area (Å²) >= 11 is 0. The highest BCUT2D eigenvalue weighted by Crippen LogP contribution is 2.44. The normalized spacial score (nSPS) is 37.2. The van der Waals surface area contributed by atoms with Gasteiger partial charge in [0.05, 0.1) is 0 Å². The van der Waals surface area contributed by atoms with Crippen LogP contribution < -0.4 is 0 Å². The van der Waals surface area contributed by atoms with Crippen LogP contribution in [0.4, 0.5) is 0 Å². The minimum absolute atomic E-state index is 0.503. The molecular formula is C11H18O. The third-order valence-corrected chi connectivity index (χ3v) is 3.33. The smallest absolute Gasteiger partial charge is 0.136 e. The molecule has 0 spiro atoms. The van der Waals surface area contributed by atoms with E-state index in [2.05, 4.69) is 0 Å². The molecule has 0 N–H and O–H groups in total. The zero-order valence-electron chi connectivity index (χ0n) is 7.72. The summed E-state index contributed by atoms with van der Waals surface area (Å²) in [5, 5.41) is 0. The fourth-order valence-corrected chi connectivity index (χ4v) is 2.38. The highest BCUT2D eigenvalue weighted by atomic mass is 16.1. The highest BCUT2D eigenvalue weighted by molar-refractivity contribution is 5.83. The van der Waals surface area contributed by atoms with Gasteiger partial charge in [0.25, 0.3) is 0 Å². The van der Waals surface area contributed by atoms with Crippen LogP contribution in [0, 0.1) is 11.8 Å². The van der Waals surface area contributed by atoms with E-state index in [1.807, 2.05) is 0 Å².